The molecule has 0 aromatic heterocycles. The third kappa shape index (κ3) is 4.15. The van der Waals surface area contributed by atoms with Gasteiger partial charge in [0.15, 0.2) is 0 Å². The number of aliphatic hydroxyl groups excluding tert-OH is 1. The minimum absolute atomic E-state index is 0.0360. The fourth-order valence-corrected chi connectivity index (χ4v) is 3.42. The number of benzene rings is 1. The average Bonchev–Trinajstić information content (AvgIpc) is 2.45. The second kappa shape index (κ2) is 7.04. The van der Waals surface area contributed by atoms with E-state index in [4.69, 9.17) is 5.73 Å². The number of nitrogens with one attached hydrogen (secondary N) is 1. The van der Waals surface area contributed by atoms with Crippen LogP contribution in [0.2, 0.25) is 0 Å². The third-order valence-corrected chi connectivity index (χ3v) is 5.92. The van der Waals surface area contributed by atoms with Gasteiger partial charge in [0.05, 0.1) is 0 Å². The highest BCUT2D eigenvalue weighted by atomic mass is 79.9. The van der Waals surface area contributed by atoms with E-state index in [1.54, 1.807) is 0 Å². The van der Waals surface area contributed by atoms with Crippen LogP contribution in [-0.4, -0.2) is 26.7 Å². The molecule has 1 aromatic carbocycles. The van der Waals surface area contributed by atoms with Gasteiger partial charge >= 0.3 is 0 Å². The van der Waals surface area contributed by atoms with Gasteiger partial charge in [-0.15, -0.1) is 0 Å². The molecule has 0 spiro atoms. The van der Waals surface area contributed by atoms with E-state index in [9.17, 15) is 17.9 Å². The van der Waals surface area contributed by atoms with Crippen LogP contribution in [0.3, 0.4) is 0 Å². The minimum atomic E-state index is -4.03. The van der Waals surface area contributed by atoms with Crippen LogP contribution in [0, 0.1) is 11.2 Å². The van der Waals surface area contributed by atoms with Gasteiger partial charge in [0, 0.05) is 28.7 Å². The van der Waals surface area contributed by atoms with Crippen molar-refractivity contribution in [2.24, 2.45) is 5.41 Å². The number of aliphatic hydroxyl groups is 1. The maximum Gasteiger partial charge on any atom is 0.243 e. The van der Waals surface area contributed by atoms with Gasteiger partial charge in [-0.25, -0.2) is 17.5 Å². The van der Waals surface area contributed by atoms with Crippen LogP contribution in [0.4, 0.5) is 10.1 Å². The fraction of sp³-hybridized carbons (Fsp3) is 0.538. The highest BCUT2D eigenvalue weighted by Gasteiger charge is 2.29. The van der Waals surface area contributed by atoms with Gasteiger partial charge < -0.3 is 10.8 Å². The number of anilines is 1. The van der Waals surface area contributed by atoms with Crippen LogP contribution in [-0.2, 0) is 10.0 Å². The van der Waals surface area contributed by atoms with Crippen LogP contribution in [0.1, 0.15) is 26.7 Å². The first-order valence-corrected chi connectivity index (χ1v) is 8.84. The molecule has 0 aliphatic rings. The molecule has 8 heteroatoms. The van der Waals surface area contributed by atoms with Crippen molar-refractivity contribution in [1.82, 2.24) is 4.72 Å². The topological polar surface area (TPSA) is 92.4 Å². The van der Waals surface area contributed by atoms with Gasteiger partial charge in [-0.1, -0.05) is 13.8 Å². The van der Waals surface area contributed by atoms with E-state index in [0.29, 0.717) is 17.3 Å². The van der Waals surface area contributed by atoms with Crippen LogP contribution in [0.15, 0.2) is 21.5 Å². The van der Waals surface area contributed by atoms with Crippen molar-refractivity contribution in [2.75, 3.05) is 18.9 Å². The summed E-state index contributed by atoms with van der Waals surface area (Å²) in [4.78, 5) is -0.498. The second-order valence-electron chi connectivity index (χ2n) is 4.99. The van der Waals surface area contributed by atoms with Crippen LogP contribution < -0.4 is 10.5 Å². The summed E-state index contributed by atoms with van der Waals surface area (Å²) >= 11 is 3.04. The quantitative estimate of drug-likeness (QED) is 0.630. The smallest absolute Gasteiger partial charge is 0.243 e. The van der Waals surface area contributed by atoms with E-state index in [2.05, 4.69) is 20.7 Å². The van der Waals surface area contributed by atoms with Gasteiger partial charge in [0.2, 0.25) is 10.0 Å². The first-order chi connectivity index (χ1) is 9.71. The summed E-state index contributed by atoms with van der Waals surface area (Å²) in [6.45, 7) is 3.63. The summed E-state index contributed by atoms with van der Waals surface area (Å²) in [5.41, 5.74) is 5.19. The minimum Gasteiger partial charge on any atom is -0.398 e. The third-order valence-electron chi connectivity index (χ3n) is 3.81. The number of halogens is 2. The molecule has 21 heavy (non-hydrogen) atoms. The van der Waals surface area contributed by atoms with Crippen molar-refractivity contribution < 1.29 is 17.9 Å². The molecule has 0 heterocycles. The molecule has 120 valence electrons. The van der Waals surface area contributed by atoms with Gasteiger partial charge in [0.1, 0.15) is 10.7 Å². The lowest BCUT2D eigenvalue weighted by Gasteiger charge is -2.29. The molecule has 0 aliphatic carbocycles. The van der Waals surface area contributed by atoms with Gasteiger partial charge in [-0.2, -0.15) is 0 Å². The number of hydrogen-bond acceptors (Lipinski definition) is 4. The molecule has 5 nitrogen and oxygen atoms in total. The second-order valence-corrected chi connectivity index (χ2v) is 7.58. The largest absolute Gasteiger partial charge is 0.398 e. The molecular weight excluding hydrogens is 363 g/mol. The molecule has 0 aliphatic heterocycles. The zero-order valence-corrected chi connectivity index (χ0v) is 14.4. The molecule has 1 rings (SSSR count). The number of sulfonamides is 1. The van der Waals surface area contributed by atoms with Gasteiger partial charge in [0.25, 0.3) is 0 Å². The first kappa shape index (κ1) is 18.3. The maximum absolute atomic E-state index is 13.8. The SMILES string of the molecule is CCC(CC)(CO)CNS(=O)(=O)c1cc(N)c(Br)cc1F. The Morgan fingerprint density at radius 2 is 1.95 bits per heavy atom. The molecule has 4 N–H and O–H groups in total. The summed E-state index contributed by atoms with van der Waals surface area (Å²) in [7, 11) is -4.03. The summed E-state index contributed by atoms with van der Waals surface area (Å²) in [6.07, 6.45) is 1.21. The van der Waals surface area contributed by atoms with Gasteiger partial charge in [-0.3, -0.25) is 0 Å². The van der Waals surface area contributed by atoms with Crippen molar-refractivity contribution in [3.8, 4) is 0 Å². The lowest BCUT2D eigenvalue weighted by atomic mass is 9.84. The van der Waals surface area contributed by atoms with Crippen LogP contribution in [0.25, 0.3) is 0 Å². The van der Waals surface area contributed by atoms with E-state index >= 15 is 0 Å². The predicted molar refractivity (Wildman–Crippen MR) is 83.8 cm³/mol. The molecule has 0 radical (unpaired) electrons. The molecule has 0 unspecified atom stereocenters. The van der Waals surface area contributed by atoms with Crippen LogP contribution >= 0.6 is 15.9 Å². The van der Waals surface area contributed by atoms with E-state index in [1.165, 1.54) is 0 Å². The Bertz CT molecular complexity index is 595. The van der Waals surface area contributed by atoms with E-state index in [1.807, 2.05) is 13.8 Å². The number of nitrogen functional groups attached to an aromatic ring is 1. The van der Waals surface area contributed by atoms with E-state index < -0.39 is 26.2 Å². The standard InChI is InChI=1S/C13H20BrFN2O3S/c1-3-13(4-2,8-18)7-17-21(19,20)12-6-11(16)9(14)5-10(12)15/h5-6,17-18H,3-4,7-8,16H2,1-2H3. The highest BCUT2D eigenvalue weighted by molar-refractivity contribution is 9.10. The van der Waals surface area contributed by atoms with Crippen molar-refractivity contribution >= 4 is 31.6 Å². The lowest BCUT2D eigenvalue weighted by molar-refractivity contribution is 0.119. The Labute approximate surface area is 132 Å². The lowest BCUT2D eigenvalue weighted by Crippen LogP contribution is -2.39. The molecule has 1 aromatic rings. The number of rotatable bonds is 7. The Hall–Kier alpha value is -0.700. The van der Waals surface area contributed by atoms with Crippen molar-refractivity contribution in [3.05, 3.63) is 22.4 Å². The molecule has 0 bridgehead atoms. The van der Waals surface area contributed by atoms with Crippen molar-refractivity contribution in [1.29, 1.82) is 0 Å². The van der Waals surface area contributed by atoms with Crippen molar-refractivity contribution in [3.63, 3.8) is 0 Å². The van der Waals surface area contributed by atoms with E-state index in [0.717, 1.165) is 12.1 Å². The van der Waals surface area contributed by atoms with Crippen molar-refractivity contribution in [2.45, 2.75) is 31.6 Å². The Kier molecular flexibility index (Phi) is 6.15. The Balaban J connectivity index is 3.05. The predicted octanol–water partition coefficient (Wildman–Crippen LogP) is 2.25. The zero-order chi connectivity index (χ0) is 16.3. The molecular formula is C13H20BrFN2O3S. The summed E-state index contributed by atoms with van der Waals surface area (Å²) < 4.78 is 40.9. The number of nitrogens with two attached hydrogens (primary N) is 1. The van der Waals surface area contributed by atoms with Crippen LogP contribution in [0.5, 0.6) is 0 Å². The van der Waals surface area contributed by atoms with Gasteiger partial charge in [-0.05, 0) is 40.9 Å². The molecule has 0 saturated heterocycles. The fourth-order valence-electron chi connectivity index (χ4n) is 1.86. The average molecular weight is 383 g/mol. The first-order valence-electron chi connectivity index (χ1n) is 6.56. The molecule has 0 atom stereocenters. The summed E-state index contributed by atoms with van der Waals surface area (Å²) in [6, 6.07) is 2.09. The molecule has 0 fully saturated rings. The zero-order valence-electron chi connectivity index (χ0n) is 12.0. The molecule has 0 amide bonds. The summed E-state index contributed by atoms with van der Waals surface area (Å²) in [5.74, 6) is -0.883. The molecule has 0 saturated carbocycles. The number of hydrogen-bond donors (Lipinski definition) is 3. The monoisotopic (exact) mass is 382 g/mol. The van der Waals surface area contributed by atoms with E-state index in [-0.39, 0.29) is 18.8 Å². The maximum atomic E-state index is 13.8. The summed E-state index contributed by atoms with van der Waals surface area (Å²) in [5, 5.41) is 9.44. The Morgan fingerprint density at radius 3 is 2.43 bits per heavy atom. The Morgan fingerprint density at radius 1 is 1.38 bits per heavy atom. The highest BCUT2D eigenvalue weighted by Crippen LogP contribution is 2.28. The normalized spacial score (nSPS) is 12.6.